The average molecular weight is 239 g/mol. The molecule has 0 fully saturated rings. The second-order valence-corrected chi connectivity index (χ2v) is 4.24. The lowest BCUT2D eigenvalue weighted by atomic mass is 9.96. The van der Waals surface area contributed by atoms with Gasteiger partial charge in [0.25, 0.3) is 0 Å². The molecule has 0 aliphatic carbocycles. The molecular formula is C16H15O2. The highest BCUT2D eigenvalue weighted by atomic mass is 16.5. The molecule has 0 bridgehead atoms. The SMILES string of the molecule is CC(Cc1ccccc1-c1ccccc1)O[C]=O. The fourth-order valence-corrected chi connectivity index (χ4v) is 2.03. The van der Waals surface area contributed by atoms with Crippen LogP contribution in [0.5, 0.6) is 0 Å². The summed E-state index contributed by atoms with van der Waals surface area (Å²) in [7, 11) is 0. The van der Waals surface area contributed by atoms with E-state index in [1.165, 1.54) is 23.2 Å². The fourth-order valence-electron chi connectivity index (χ4n) is 2.03. The zero-order chi connectivity index (χ0) is 12.8. The highest BCUT2D eigenvalue weighted by molar-refractivity contribution is 5.67. The third kappa shape index (κ3) is 2.98. The summed E-state index contributed by atoms with van der Waals surface area (Å²) in [6, 6.07) is 18.4. The van der Waals surface area contributed by atoms with Crippen molar-refractivity contribution in [3.63, 3.8) is 0 Å². The predicted molar refractivity (Wildman–Crippen MR) is 71.8 cm³/mol. The van der Waals surface area contributed by atoms with Crippen LogP contribution in [0.15, 0.2) is 54.6 Å². The number of rotatable bonds is 5. The van der Waals surface area contributed by atoms with E-state index in [4.69, 9.17) is 4.74 Å². The summed E-state index contributed by atoms with van der Waals surface area (Å²) < 4.78 is 4.83. The van der Waals surface area contributed by atoms with Gasteiger partial charge in [-0.15, -0.1) is 0 Å². The lowest BCUT2D eigenvalue weighted by molar-refractivity contribution is 0.194. The minimum Gasteiger partial charge on any atom is -0.454 e. The van der Waals surface area contributed by atoms with Crippen molar-refractivity contribution in [2.75, 3.05) is 0 Å². The van der Waals surface area contributed by atoms with Crippen molar-refractivity contribution >= 4 is 6.47 Å². The predicted octanol–water partition coefficient (Wildman–Crippen LogP) is 3.37. The van der Waals surface area contributed by atoms with Gasteiger partial charge in [0.2, 0.25) is 0 Å². The number of hydrogen-bond acceptors (Lipinski definition) is 2. The molecule has 0 saturated heterocycles. The summed E-state index contributed by atoms with van der Waals surface area (Å²) >= 11 is 0. The van der Waals surface area contributed by atoms with Crippen molar-refractivity contribution in [1.29, 1.82) is 0 Å². The molecule has 1 atom stereocenters. The van der Waals surface area contributed by atoms with Crippen molar-refractivity contribution in [2.24, 2.45) is 0 Å². The van der Waals surface area contributed by atoms with Crippen LogP contribution < -0.4 is 0 Å². The zero-order valence-electron chi connectivity index (χ0n) is 10.3. The molecule has 18 heavy (non-hydrogen) atoms. The van der Waals surface area contributed by atoms with Crippen LogP contribution in [-0.2, 0) is 16.0 Å². The molecule has 0 aromatic heterocycles. The zero-order valence-corrected chi connectivity index (χ0v) is 10.3. The van der Waals surface area contributed by atoms with E-state index >= 15 is 0 Å². The van der Waals surface area contributed by atoms with Gasteiger partial charge in [-0.25, -0.2) is 4.79 Å². The molecule has 2 rings (SSSR count). The lowest BCUT2D eigenvalue weighted by Crippen LogP contribution is -2.11. The van der Waals surface area contributed by atoms with E-state index in [-0.39, 0.29) is 6.10 Å². The number of benzene rings is 2. The Labute approximate surface area is 107 Å². The monoisotopic (exact) mass is 239 g/mol. The van der Waals surface area contributed by atoms with E-state index in [2.05, 4.69) is 24.3 Å². The molecule has 91 valence electrons. The first kappa shape index (κ1) is 12.4. The summed E-state index contributed by atoms with van der Waals surface area (Å²) in [5.74, 6) is 0. The summed E-state index contributed by atoms with van der Waals surface area (Å²) in [5.41, 5.74) is 3.53. The Balaban J connectivity index is 2.29. The van der Waals surface area contributed by atoms with Crippen LogP contribution in [0.3, 0.4) is 0 Å². The Morgan fingerprint density at radius 2 is 1.72 bits per heavy atom. The van der Waals surface area contributed by atoms with Gasteiger partial charge in [-0.05, 0) is 23.6 Å². The van der Waals surface area contributed by atoms with Gasteiger partial charge in [0, 0.05) is 6.42 Å². The normalized spacial score (nSPS) is 11.8. The van der Waals surface area contributed by atoms with E-state index < -0.39 is 0 Å². The minimum absolute atomic E-state index is 0.160. The molecule has 2 aromatic rings. The third-order valence-electron chi connectivity index (χ3n) is 2.86. The quantitative estimate of drug-likeness (QED) is 0.799. The number of carbonyl (C=O) groups excluding carboxylic acids is 1. The van der Waals surface area contributed by atoms with E-state index in [0.717, 1.165) is 0 Å². The van der Waals surface area contributed by atoms with Gasteiger partial charge in [-0.1, -0.05) is 54.6 Å². The van der Waals surface area contributed by atoms with Crippen molar-refractivity contribution in [1.82, 2.24) is 0 Å². The molecule has 0 N–H and O–H groups in total. The fraction of sp³-hybridized carbons (Fsp3) is 0.188. The van der Waals surface area contributed by atoms with Crippen LogP contribution in [0.1, 0.15) is 12.5 Å². The second-order valence-electron chi connectivity index (χ2n) is 4.24. The lowest BCUT2D eigenvalue weighted by Gasteiger charge is -2.13. The van der Waals surface area contributed by atoms with E-state index in [9.17, 15) is 4.79 Å². The Morgan fingerprint density at radius 1 is 1.06 bits per heavy atom. The molecule has 0 amide bonds. The highest BCUT2D eigenvalue weighted by Gasteiger charge is 2.09. The molecular weight excluding hydrogens is 224 g/mol. The van der Waals surface area contributed by atoms with Gasteiger partial charge in [-0.3, -0.25) is 0 Å². The summed E-state index contributed by atoms with van der Waals surface area (Å²) in [6.45, 7) is 3.36. The molecule has 0 spiro atoms. The number of hydrogen-bond donors (Lipinski definition) is 0. The van der Waals surface area contributed by atoms with Gasteiger partial charge < -0.3 is 4.74 Å². The van der Waals surface area contributed by atoms with Crippen LogP contribution in [0, 0.1) is 0 Å². The van der Waals surface area contributed by atoms with E-state index in [1.807, 2.05) is 37.3 Å². The van der Waals surface area contributed by atoms with Crippen molar-refractivity contribution in [3.05, 3.63) is 60.2 Å². The van der Waals surface area contributed by atoms with Gasteiger partial charge in [0.15, 0.2) is 0 Å². The van der Waals surface area contributed by atoms with Crippen LogP contribution in [0.4, 0.5) is 0 Å². The van der Waals surface area contributed by atoms with Crippen LogP contribution in [0.25, 0.3) is 11.1 Å². The first-order valence-corrected chi connectivity index (χ1v) is 5.97. The highest BCUT2D eigenvalue weighted by Crippen LogP contribution is 2.24. The first-order chi connectivity index (χ1) is 8.81. The largest absolute Gasteiger partial charge is 0.454 e. The smallest absolute Gasteiger partial charge is 0.417 e. The molecule has 1 unspecified atom stereocenters. The maximum atomic E-state index is 10.2. The van der Waals surface area contributed by atoms with E-state index in [1.54, 1.807) is 0 Å². The first-order valence-electron chi connectivity index (χ1n) is 5.97. The molecule has 2 nitrogen and oxygen atoms in total. The summed E-state index contributed by atoms with van der Waals surface area (Å²) in [4.78, 5) is 10.2. The van der Waals surface area contributed by atoms with Crippen LogP contribution >= 0.6 is 0 Å². The summed E-state index contributed by atoms with van der Waals surface area (Å²) in [6.07, 6.45) is 0.535. The van der Waals surface area contributed by atoms with E-state index in [0.29, 0.717) is 6.42 Å². The molecule has 0 heterocycles. The average Bonchev–Trinajstić information content (AvgIpc) is 2.40. The molecule has 2 heteroatoms. The Bertz CT molecular complexity index is 506. The van der Waals surface area contributed by atoms with Crippen LogP contribution in [-0.4, -0.2) is 12.6 Å². The van der Waals surface area contributed by atoms with Gasteiger partial charge in [0.1, 0.15) is 6.10 Å². The Kier molecular flexibility index (Phi) is 4.13. The third-order valence-corrected chi connectivity index (χ3v) is 2.86. The van der Waals surface area contributed by atoms with Gasteiger partial charge in [-0.2, -0.15) is 0 Å². The molecule has 0 saturated carbocycles. The molecule has 1 radical (unpaired) electrons. The molecule has 2 aromatic carbocycles. The minimum atomic E-state index is -0.160. The maximum absolute atomic E-state index is 10.2. The maximum Gasteiger partial charge on any atom is 0.417 e. The molecule has 0 aliphatic rings. The van der Waals surface area contributed by atoms with Gasteiger partial charge >= 0.3 is 6.47 Å². The Hall–Kier alpha value is -2.09. The summed E-state index contributed by atoms with van der Waals surface area (Å²) in [5, 5.41) is 0. The van der Waals surface area contributed by atoms with Crippen molar-refractivity contribution in [2.45, 2.75) is 19.4 Å². The van der Waals surface area contributed by atoms with Crippen LogP contribution in [0.2, 0.25) is 0 Å². The molecule has 0 aliphatic heterocycles. The van der Waals surface area contributed by atoms with Crippen molar-refractivity contribution in [3.8, 4) is 11.1 Å². The van der Waals surface area contributed by atoms with Gasteiger partial charge in [0.05, 0.1) is 0 Å². The Morgan fingerprint density at radius 3 is 2.44 bits per heavy atom. The standard InChI is InChI=1S/C16H15O2/c1-13(18-12-17)11-15-9-5-6-10-16(15)14-7-3-2-4-8-14/h2-10,13H,11H2,1H3. The topological polar surface area (TPSA) is 26.3 Å². The number of ether oxygens (including phenoxy) is 1. The second kappa shape index (κ2) is 6.01. The van der Waals surface area contributed by atoms with Crippen molar-refractivity contribution < 1.29 is 9.53 Å².